The molecule has 1 aromatic heterocycles. The summed E-state index contributed by atoms with van der Waals surface area (Å²) in [5.74, 6) is -0.716. The summed E-state index contributed by atoms with van der Waals surface area (Å²) in [6.07, 6.45) is 2.62. The minimum atomic E-state index is -0.791. The Morgan fingerprint density at radius 3 is 3.10 bits per heavy atom. The molecule has 0 aliphatic carbocycles. The van der Waals surface area contributed by atoms with E-state index in [1.165, 1.54) is 0 Å². The molecule has 20 heavy (non-hydrogen) atoms. The average Bonchev–Trinajstić information content (AvgIpc) is 2.91. The number of nitrogens with zero attached hydrogens (tertiary/aromatic N) is 2. The van der Waals surface area contributed by atoms with Gasteiger partial charge in [-0.1, -0.05) is 0 Å². The van der Waals surface area contributed by atoms with Crippen LogP contribution in [-0.2, 0) is 11.2 Å². The maximum atomic E-state index is 12.0. The first-order chi connectivity index (χ1) is 9.65. The molecular formula is C13H19N3O3S. The normalized spacial score (nSPS) is 18.8. The van der Waals surface area contributed by atoms with Crippen LogP contribution >= 0.6 is 11.3 Å². The quantitative estimate of drug-likeness (QED) is 0.864. The van der Waals surface area contributed by atoms with Gasteiger partial charge >= 0.3 is 12.0 Å². The Morgan fingerprint density at radius 2 is 2.40 bits per heavy atom. The molecule has 1 aliphatic heterocycles. The number of nitrogens with one attached hydrogen (secondary N) is 1. The third-order valence-corrected chi connectivity index (χ3v) is 4.05. The lowest BCUT2D eigenvalue weighted by atomic mass is 9.95. The summed E-state index contributed by atoms with van der Waals surface area (Å²) in [4.78, 5) is 28.6. The highest BCUT2D eigenvalue weighted by Crippen LogP contribution is 2.19. The van der Waals surface area contributed by atoms with E-state index in [1.54, 1.807) is 21.7 Å². The minimum Gasteiger partial charge on any atom is -0.481 e. The molecule has 0 saturated carbocycles. The van der Waals surface area contributed by atoms with Gasteiger partial charge < -0.3 is 15.3 Å². The molecule has 0 radical (unpaired) electrons. The monoisotopic (exact) mass is 297 g/mol. The van der Waals surface area contributed by atoms with Gasteiger partial charge in [0.25, 0.3) is 0 Å². The van der Waals surface area contributed by atoms with Crippen molar-refractivity contribution in [2.45, 2.75) is 25.7 Å². The molecule has 0 spiro atoms. The van der Waals surface area contributed by atoms with Gasteiger partial charge in [-0.25, -0.2) is 9.78 Å². The van der Waals surface area contributed by atoms with Gasteiger partial charge in [0.2, 0.25) is 0 Å². The van der Waals surface area contributed by atoms with Crippen LogP contribution in [0, 0.1) is 5.92 Å². The van der Waals surface area contributed by atoms with Crippen LogP contribution in [0.2, 0.25) is 0 Å². The molecule has 2 heterocycles. The highest BCUT2D eigenvalue weighted by molar-refractivity contribution is 7.07. The molecule has 1 unspecified atom stereocenters. The van der Waals surface area contributed by atoms with Crippen molar-refractivity contribution < 1.29 is 14.7 Å². The zero-order chi connectivity index (χ0) is 14.4. The predicted octanol–water partition coefficient (Wildman–Crippen LogP) is 1.58. The molecule has 1 aliphatic rings. The number of hydrogen-bond donors (Lipinski definition) is 2. The second kappa shape index (κ2) is 7.23. The van der Waals surface area contributed by atoms with Crippen molar-refractivity contribution >= 4 is 23.3 Å². The number of aliphatic carboxylic acids is 1. The first-order valence-corrected chi connectivity index (χ1v) is 7.71. The smallest absolute Gasteiger partial charge is 0.317 e. The number of carbonyl (C=O) groups is 2. The number of amides is 2. The van der Waals surface area contributed by atoms with Crippen molar-refractivity contribution in [3.8, 4) is 0 Å². The second-order valence-electron chi connectivity index (χ2n) is 5.01. The number of carbonyl (C=O) groups excluding carboxylic acids is 1. The zero-order valence-electron chi connectivity index (χ0n) is 11.2. The van der Waals surface area contributed by atoms with Crippen LogP contribution in [0.25, 0.3) is 0 Å². The van der Waals surface area contributed by atoms with Gasteiger partial charge in [0.1, 0.15) is 0 Å². The number of urea groups is 1. The zero-order valence-corrected chi connectivity index (χ0v) is 12.1. The summed E-state index contributed by atoms with van der Waals surface area (Å²) in [5, 5.41) is 13.6. The van der Waals surface area contributed by atoms with E-state index in [-0.39, 0.29) is 18.4 Å². The Labute approximate surface area is 121 Å². The van der Waals surface area contributed by atoms with Gasteiger partial charge in [-0.2, -0.15) is 0 Å². The third-order valence-electron chi connectivity index (χ3n) is 3.41. The van der Waals surface area contributed by atoms with Crippen molar-refractivity contribution in [3.05, 3.63) is 16.6 Å². The van der Waals surface area contributed by atoms with Crippen molar-refractivity contribution in [2.75, 3.05) is 19.6 Å². The number of aromatic nitrogens is 1. The van der Waals surface area contributed by atoms with Gasteiger partial charge in [0.15, 0.2) is 0 Å². The fourth-order valence-corrected chi connectivity index (χ4v) is 3.03. The maximum Gasteiger partial charge on any atom is 0.317 e. The van der Waals surface area contributed by atoms with Gasteiger partial charge in [-0.3, -0.25) is 4.79 Å². The molecule has 2 rings (SSSR count). The molecule has 7 heteroatoms. The lowest BCUT2D eigenvalue weighted by Gasteiger charge is -2.32. The second-order valence-corrected chi connectivity index (χ2v) is 5.73. The van der Waals surface area contributed by atoms with Crippen LogP contribution < -0.4 is 5.32 Å². The largest absolute Gasteiger partial charge is 0.481 e. The molecule has 0 aromatic carbocycles. The Kier molecular flexibility index (Phi) is 5.34. The van der Waals surface area contributed by atoms with Gasteiger partial charge in [0.05, 0.1) is 11.2 Å². The Hall–Kier alpha value is -1.63. The standard InChI is InChI=1S/C13H19N3O3S/c17-12(18)6-10-2-1-5-16(7-10)13(19)14-4-3-11-8-20-9-15-11/h8-10H,1-7H2,(H,14,19)(H,17,18). The fourth-order valence-electron chi connectivity index (χ4n) is 2.43. The van der Waals surface area contributed by atoms with Gasteiger partial charge in [-0.15, -0.1) is 11.3 Å². The first kappa shape index (κ1) is 14.8. The molecular weight excluding hydrogens is 278 g/mol. The molecule has 1 atom stereocenters. The van der Waals surface area contributed by atoms with Crippen LogP contribution in [0.1, 0.15) is 25.0 Å². The Balaban J connectivity index is 1.72. The topological polar surface area (TPSA) is 82.5 Å². The highest BCUT2D eigenvalue weighted by atomic mass is 32.1. The maximum absolute atomic E-state index is 12.0. The Bertz CT molecular complexity index is 450. The summed E-state index contributed by atoms with van der Waals surface area (Å²) in [7, 11) is 0. The van der Waals surface area contributed by atoms with Crippen LogP contribution in [0.5, 0.6) is 0 Å². The van der Waals surface area contributed by atoms with Crippen LogP contribution in [-0.4, -0.2) is 46.6 Å². The molecule has 1 saturated heterocycles. The average molecular weight is 297 g/mol. The van der Waals surface area contributed by atoms with Crippen molar-refractivity contribution in [1.29, 1.82) is 0 Å². The molecule has 1 fully saturated rings. The third kappa shape index (κ3) is 4.48. The molecule has 2 amide bonds. The Morgan fingerprint density at radius 1 is 1.55 bits per heavy atom. The lowest BCUT2D eigenvalue weighted by molar-refractivity contribution is -0.138. The number of thiazole rings is 1. The van der Waals surface area contributed by atoms with E-state index in [0.717, 1.165) is 25.0 Å². The number of likely N-dealkylation sites (tertiary alicyclic amines) is 1. The van der Waals surface area contributed by atoms with Crippen LogP contribution in [0.3, 0.4) is 0 Å². The van der Waals surface area contributed by atoms with E-state index in [4.69, 9.17) is 5.11 Å². The molecule has 6 nitrogen and oxygen atoms in total. The van der Waals surface area contributed by atoms with Crippen molar-refractivity contribution in [1.82, 2.24) is 15.2 Å². The summed E-state index contributed by atoms with van der Waals surface area (Å²) in [6, 6.07) is -0.102. The van der Waals surface area contributed by atoms with E-state index in [2.05, 4.69) is 10.3 Å². The summed E-state index contributed by atoms with van der Waals surface area (Å²) < 4.78 is 0. The number of carboxylic acids is 1. The van der Waals surface area contributed by atoms with Crippen LogP contribution in [0.15, 0.2) is 10.9 Å². The highest BCUT2D eigenvalue weighted by Gasteiger charge is 2.24. The minimum absolute atomic E-state index is 0.0746. The predicted molar refractivity (Wildman–Crippen MR) is 75.8 cm³/mol. The molecule has 0 bridgehead atoms. The summed E-state index contributed by atoms with van der Waals surface area (Å²) in [6.45, 7) is 1.80. The fraction of sp³-hybridized carbons (Fsp3) is 0.615. The number of carboxylic acid groups (broad SMARTS) is 1. The summed E-state index contributed by atoms with van der Waals surface area (Å²) >= 11 is 1.54. The van der Waals surface area contributed by atoms with Gasteiger partial charge in [0, 0.05) is 37.9 Å². The van der Waals surface area contributed by atoms with E-state index in [1.807, 2.05) is 5.38 Å². The first-order valence-electron chi connectivity index (χ1n) is 6.77. The van der Waals surface area contributed by atoms with Crippen molar-refractivity contribution in [3.63, 3.8) is 0 Å². The SMILES string of the molecule is O=C(O)CC1CCCN(C(=O)NCCc2cscn2)C1. The van der Waals surface area contributed by atoms with E-state index in [0.29, 0.717) is 19.6 Å². The van der Waals surface area contributed by atoms with E-state index >= 15 is 0 Å². The molecule has 1 aromatic rings. The molecule has 110 valence electrons. The van der Waals surface area contributed by atoms with Gasteiger partial charge in [-0.05, 0) is 18.8 Å². The van der Waals surface area contributed by atoms with Crippen molar-refractivity contribution in [2.24, 2.45) is 5.92 Å². The summed E-state index contributed by atoms with van der Waals surface area (Å²) in [5.41, 5.74) is 2.76. The lowest BCUT2D eigenvalue weighted by Crippen LogP contribution is -2.46. The van der Waals surface area contributed by atoms with E-state index < -0.39 is 5.97 Å². The van der Waals surface area contributed by atoms with Crippen LogP contribution in [0.4, 0.5) is 4.79 Å². The number of rotatable bonds is 5. The molecule has 2 N–H and O–H groups in total. The number of hydrogen-bond acceptors (Lipinski definition) is 4. The number of piperidine rings is 1. The van der Waals surface area contributed by atoms with E-state index in [9.17, 15) is 9.59 Å².